The van der Waals surface area contributed by atoms with E-state index in [-0.39, 0.29) is 11.3 Å². The highest BCUT2D eigenvalue weighted by atomic mass is 32.2. The summed E-state index contributed by atoms with van der Waals surface area (Å²) in [4.78, 5) is 38.6. The maximum atomic E-state index is 13.6. The normalized spacial score (nSPS) is 11.3. The van der Waals surface area contributed by atoms with Crippen LogP contribution in [0.5, 0.6) is 0 Å². The topological polar surface area (TPSA) is 125 Å². The highest BCUT2D eigenvalue weighted by Gasteiger charge is 2.25. The van der Waals surface area contributed by atoms with E-state index >= 15 is 0 Å². The predicted octanol–water partition coefficient (Wildman–Crippen LogP) is 6.97. The molecule has 0 aliphatic rings. The molecule has 228 valence electrons. The van der Waals surface area contributed by atoms with E-state index in [2.05, 4.69) is 24.0 Å². The van der Waals surface area contributed by atoms with Crippen molar-refractivity contribution < 1.29 is 14.2 Å². The molecule has 9 nitrogen and oxygen atoms in total. The molecule has 0 spiro atoms. The number of benzene rings is 2. The fraction of sp³-hybridized carbons (Fsp3) is 0.500. The molecule has 0 radical (unpaired) electrons. The van der Waals surface area contributed by atoms with Gasteiger partial charge in [-0.1, -0.05) is 76.1 Å². The summed E-state index contributed by atoms with van der Waals surface area (Å²) >= 11 is 1.63. The number of thioether (sulfide) groups is 1. The van der Waals surface area contributed by atoms with Crippen molar-refractivity contribution in [3.8, 4) is 17.0 Å². The van der Waals surface area contributed by atoms with E-state index in [4.69, 9.17) is 10.3 Å². The number of carbonyl (C=O) groups excluding carboxylic acids is 1. The maximum absolute atomic E-state index is 13.6. The summed E-state index contributed by atoms with van der Waals surface area (Å²) in [5, 5.41) is 11.9. The van der Waals surface area contributed by atoms with Crippen molar-refractivity contribution >= 4 is 23.4 Å². The Morgan fingerprint density at radius 2 is 1.67 bits per heavy atom. The number of nitro groups is 1. The molecule has 0 unspecified atom stereocenters. The molecule has 10 heteroatoms. The number of nitrogens with zero attached hydrogens (tertiary/aromatic N) is 3. The van der Waals surface area contributed by atoms with Crippen molar-refractivity contribution in [1.29, 1.82) is 0 Å². The first-order valence-corrected chi connectivity index (χ1v) is 16.0. The van der Waals surface area contributed by atoms with Crippen molar-refractivity contribution in [2.24, 2.45) is 5.73 Å². The van der Waals surface area contributed by atoms with Crippen molar-refractivity contribution in [2.45, 2.75) is 76.9 Å². The van der Waals surface area contributed by atoms with Crippen LogP contribution in [0.1, 0.15) is 86.2 Å². The largest absolute Gasteiger partial charge is 0.370 e. The van der Waals surface area contributed by atoms with Crippen LogP contribution in [0.2, 0.25) is 0 Å². The number of aryl methyl sites for hydroxylation is 1. The fourth-order valence-corrected chi connectivity index (χ4v) is 5.79. The SMILES string of the molecule is CCCCCCCCCCc1ccc(-c2on(-c3ccc(C(N)=O)cc3[N+](=O)[O-])c(=O)c2CSCCCN(C)C)cc1. The van der Waals surface area contributed by atoms with Gasteiger partial charge in [0.25, 0.3) is 11.2 Å². The average Bonchev–Trinajstić information content (AvgIpc) is 3.29. The number of unbranched alkanes of at least 4 members (excludes halogenated alkanes) is 7. The molecule has 3 aromatic rings. The Hall–Kier alpha value is -3.37. The van der Waals surface area contributed by atoms with E-state index in [0.29, 0.717) is 17.1 Å². The lowest BCUT2D eigenvalue weighted by atomic mass is 10.0. The first-order chi connectivity index (χ1) is 20.2. The zero-order valence-electron chi connectivity index (χ0n) is 25.1. The Balaban J connectivity index is 1.83. The number of carbonyl (C=O) groups is 1. The number of aromatic nitrogens is 1. The van der Waals surface area contributed by atoms with Crippen LogP contribution in [-0.2, 0) is 12.2 Å². The predicted molar refractivity (Wildman–Crippen MR) is 171 cm³/mol. The summed E-state index contributed by atoms with van der Waals surface area (Å²) in [6.45, 7) is 3.17. The van der Waals surface area contributed by atoms with Crippen molar-refractivity contribution in [3.05, 3.63) is 79.6 Å². The van der Waals surface area contributed by atoms with Gasteiger partial charge in [-0.05, 0) is 63.4 Å². The van der Waals surface area contributed by atoms with E-state index in [1.807, 2.05) is 26.2 Å². The second kappa shape index (κ2) is 16.9. The summed E-state index contributed by atoms with van der Waals surface area (Å²) in [6, 6.07) is 11.8. The van der Waals surface area contributed by atoms with Crippen LogP contribution in [0, 0.1) is 10.1 Å². The molecule has 0 aliphatic carbocycles. The molecule has 0 saturated heterocycles. The molecule has 1 heterocycles. The minimum Gasteiger partial charge on any atom is -0.370 e. The van der Waals surface area contributed by atoms with Crippen LogP contribution in [0.3, 0.4) is 0 Å². The standard InChI is InChI=1S/C32H44N4O5S/c1-4-5-6-7-8-9-10-11-13-24-14-16-25(17-15-24)30-27(23-42-21-12-20-34(2)3)32(38)35(41-30)28-19-18-26(31(33)37)22-29(28)36(39)40/h14-19,22H,4-13,20-21,23H2,1-3H3,(H2,33,37). The maximum Gasteiger partial charge on any atom is 0.297 e. The number of hydrogen-bond acceptors (Lipinski definition) is 7. The van der Waals surface area contributed by atoms with Crippen LogP contribution in [0.4, 0.5) is 5.69 Å². The third kappa shape index (κ3) is 9.59. The molecule has 3 rings (SSSR count). The molecule has 0 saturated carbocycles. The molecule has 0 bridgehead atoms. The second-order valence-electron chi connectivity index (χ2n) is 11.0. The fourth-order valence-electron chi connectivity index (χ4n) is 4.86. The highest BCUT2D eigenvalue weighted by molar-refractivity contribution is 7.98. The lowest BCUT2D eigenvalue weighted by Gasteiger charge is -2.08. The lowest BCUT2D eigenvalue weighted by Crippen LogP contribution is -2.18. The van der Waals surface area contributed by atoms with Crippen LogP contribution >= 0.6 is 11.8 Å². The Kier molecular flexibility index (Phi) is 13.3. The van der Waals surface area contributed by atoms with Gasteiger partial charge in [0, 0.05) is 22.9 Å². The monoisotopic (exact) mass is 596 g/mol. The second-order valence-corrected chi connectivity index (χ2v) is 12.1. The number of amides is 1. The third-order valence-electron chi connectivity index (χ3n) is 7.25. The van der Waals surface area contributed by atoms with Crippen molar-refractivity contribution in [1.82, 2.24) is 9.64 Å². The van der Waals surface area contributed by atoms with Gasteiger partial charge >= 0.3 is 0 Å². The molecular weight excluding hydrogens is 552 g/mol. The molecular formula is C32H44N4O5S. The molecule has 0 fully saturated rings. The van der Waals surface area contributed by atoms with Gasteiger partial charge in [-0.15, -0.1) is 4.74 Å². The molecule has 1 amide bonds. The minimum absolute atomic E-state index is 0.0194. The summed E-state index contributed by atoms with van der Waals surface area (Å²) in [6.07, 6.45) is 12.1. The Labute approximate surface area is 252 Å². The van der Waals surface area contributed by atoms with Gasteiger partial charge < -0.3 is 15.2 Å². The first kappa shape index (κ1) is 33.1. The van der Waals surface area contributed by atoms with E-state index in [9.17, 15) is 19.7 Å². The number of primary amides is 1. The van der Waals surface area contributed by atoms with Gasteiger partial charge in [-0.25, -0.2) is 0 Å². The van der Waals surface area contributed by atoms with Crippen molar-refractivity contribution in [3.63, 3.8) is 0 Å². The average molecular weight is 597 g/mol. The van der Waals surface area contributed by atoms with Gasteiger partial charge in [0.2, 0.25) is 5.91 Å². The minimum atomic E-state index is -0.793. The van der Waals surface area contributed by atoms with E-state index in [1.54, 1.807) is 11.8 Å². The van der Waals surface area contributed by atoms with Crippen molar-refractivity contribution in [2.75, 3.05) is 26.4 Å². The smallest absolute Gasteiger partial charge is 0.297 e. The third-order valence-corrected chi connectivity index (χ3v) is 8.32. The van der Waals surface area contributed by atoms with Crippen LogP contribution in [0.15, 0.2) is 51.8 Å². The van der Waals surface area contributed by atoms with E-state index in [1.165, 1.54) is 62.6 Å². The van der Waals surface area contributed by atoms with Gasteiger partial charge in [-0.2, -0.15) is 11.8 Å². The molecule has 1 aromatic heterocycles. The highest BCUT2D eigenvalue weighted by Crippen LogP contribution is 2.30. The van der Waals surface area contributed by atoms with Gasteiger partial charge in [-0.3, -0.25) is 19.7 Å². The molecule has 0 atom stereocenters. The Bertz CT molecular complexity index is 1360. The van der Waals surface area contributed by atoms with Gasteiger partial charge in [0.15, 0.2) is 11.4 Å². The zero-order chi connectivity index (χ0) is 30.5. The Morgan fingerprint density at radius 3 is 2.29 bits per heavy atom. The quantitative estimate of drug-likeness (QED) is 0.0900. The summed E-state index contributed by atoms with van der Waals surface area (Å²) in [7, 11) is 4.04. The van der Waals surface area contributed by atoms with Gasteiger partial charge in [0.1, 0.15) is 0 Å². The van der Waals surface area contributed by atoms with Crippen LogP contribution in [0.25, 0.3) is 17.0 Å². The first-order valence-electron chi connectivity index (χ1n) is 14.9. The number of nitrogens with two attached hydrogens (primary N) is 1. The van der Waals surface area contributed by atoms with Crippen LogP contribution < -0.4 is 11.3 Å². The number of rotatable bonds is 19. The summed E-state index contributed by atoms with van der Waals surface area (Å²) in [5.41, 5.74) is 6.79. The Morgan fingerprint density at radius 1 is 1.00 bits per heavy atom. The van der Waals surface area contributed by atoms with E-state index in [0.717, 1.165) is 47.9 Å². The summed E-state index contributed by atoms with van der Waals surface area (Å²) in [5.74, 6) is 0.865. The van der Waals surface area contributed by atoms with Crippen LogP contribution in [-0.4, -0.2) is 46.9 Å². The lowest BCUT2D eigenvalue weighted by molar-refractivity contribution is -0.384. The molecule has 2 aromatic carbocycles. The van der Waals surface area contributed by atoms with E-state index < -0.39 is 22.1 Å². The zero-order valence-corrected chi connectivity index (χ0v) is 25.9. The molecule has 0 aliphatic heterocycles. The number of hydrogen-bond donors (Lipinski definition) is 1. The van der Waals surface area contributed by atoms with Gasteiger partial charge in [0.05, 0.1) is 10.5 Å². The molecule has 2 N–H and O–H groups in total. The molecule has 42 heavy (non-hydrogen) atoms. The summed E-state index contributed by atoms with van der Waals surface area (Å²) < 4.78 is 7.02. The number of nitro benzene ring substituents is 1.